The summed E-state index contributed by atoms with van der Waals surface area (Å²) in [6, 6.07) is 0.330. The molecule has 1 saturated heterocycles. The Bertz CT molecular complexity index is 1490. The molecule has 4 N–H and O–H groups in total. The van der Waals surface area contributed by atoms with E-state index >= 15 is 4.39 Å². The Labute approximate surface area is 211 Å². The molecule has 186 valence electrons. The summed E-state index contributed by atoms with van der Waals surface area (Å²) in [5, 5.41) is 11.4. The van der Waals surface area contributed by atoms with Gasteiger partial charge in [-0.1, -0.05) is 11.6 Å². The fourth-order valence-electron chi connectivity index (χ4n) is 4.84. The van der Waals surface area contributed by atoms with E-state index in [0.717, 1.165) is 30.8 Å². The fraction of sp³-hybridized carbons (Fsp3) is 0.333. The van der Waals surface area contributed by atoms with E-state index in [1.807, 2.05) is 17.8 Å². The SMILES string of the molecule is Cc1c(-c2c(F)c(N)c3cnc(Nc4cnn([C@@H]5CCN(C)C5)c4)nc3c2Cl)cnc2c1NCCO2. The van der Waals surface area contributed by atoms with Crippen LogP contribution in [0.5, 0.6) is 5.88 Å². The summed E-state index contributed by atoms with van der Waals surface area (Å²) in [7, 11) is 2.10. The Morgan fingerprint density at radius 1 is 1.28 bits per heavy atom. The lowest BCUT2D eigenvalue weighted by Crippen LogP contribution is -2.20. The Morgan fingerprint density at radius 2 is 2.14 bits per heavy atom. The minimum absolute atomic E-state index is 0.0737. The smallest absolute Gasteiger partial charge is 0.237 e. The van der Waals surface area contributed by atoms with E-state index in [1.165, 1.54) is 6.20 Å². The van der Waals surface area contributed by atoms with Gasteiger partial charge < -0.3 is 26.0 Å². The van der Waals surface area contributed by atoms with Gasteiger partial charge in [0.15, 0.2) is 5.82 Å². The number of benzene rings is 1. The highest BCUT2D eigenvalue weighted by atomic mass is 35.5. The predicted molar refractivity (Wildman–Crippen MR) is 138 cm³/mol. The Balaban J connectivity index is 1.39. The lowest BCUT2D eigenvalue weighted by Gasteiger charge is -2.22. The molecule has 2 aliphatic heterocycles. The number of aromatic nitrogens is 5. The molecule has 0 bridgehead atoms. The van der Waals surface area contributed by atoms with Gasteiger partial charge in [-0.05, 0) is 32.5 Å². The Morgan fingerprint density at radius 3 is 2.94 bits per heavy atom. The van der Waals surface area contributed by atoms with E-state index in [-0.39, 0.29) is 16.3 Å². The summed E-state index contributed by atoms with van der Waals surface area (Å²) >= 11 is 6.77. The van der Waals surface area contributed by atoms with Crippen molar-refractivity contribution in [2.45, 2.75) is 19.4 Å². The van der Waals surface area contributed by atoms with Crippen molar-refractivity contribution in [3.63, 3.8) is 0 Å². The van der Waals surface area contributed by atoms with Gasteiger partial charge in [0.05, 0.1) is 34.2 Å². The van der Waals surface area contributed by atoms with Crippen LogP contribution in [0.4, 0.5) is 27.4 Å². The molecule has 12 heteroatoms. The molecule has 5 heterocycles. The van der Waals surface area contributed by atoms with Crippen molar-refractivity contribution in [3.8, 4) is 17.0 Å². The summed E-state index contributed by atoms with van der Waals surface area (Å²) in [6.45, 7) is 5.00. The molecule has 1 aromatic carbocycles. The average Bonchev–Trinajstić information content (AvgIpc) is 3.53. The first kappa shape index (κ1) is 22.7. The number of anilines is 4. The zero-order chi connectivity index (χ0) is 25.0. The first-order valence-electron chi connectivity index (χ1n) is 11.7. The van der Waals surface area contributed by atoms with E-state index < -0.39 is 5.82 Å². The van der Waals surface area contributed by atoms with Gasteiger partial charge in [-0.25, -0.2) is 19.3 Å². The topological polar surface area (TPSA) is 119 Å². The monoisotopic (exact) mass is 509 g/mol. The highest BCUT2D eigenvalue weighted by molar-refractivity contribution is 6.38. The van der Waals surface area contributed by atoms with Gasteiger partial charge in [0.25, 0.3) is 0 Å². The molecule has 3 aromatic heterocycles. The maximum absolute atomic E-state index is 15.5. The molecule has 2 aliphatic rings. The number of hydrogen-bond donors (Lipinski definition) is 3. The third-order valence-corrected chi connectivity index (χ3v) is 7.14. The number of halogens is 2. The number of likely N-dealkylation sites (tertiary alicyclic amines) is 1. The lowest BCUT2D eigenvalue weighted by molar-refractivity contribution is 0.310. The normalized spacial score (nSPS) is 17.6. The van der Waals surface area contributed by atoms with Gasteiger partial charge in [-0.2, -0.15) is 5.10 Å². The van der Waals surface area contributed by atoms with Crippen LogP contribution < -0.4 is 21.1 Å². The molecule has 0 unspecified atom stereocenters. The maximum Gasteiger partial charge on any atom is 0.237 e. The van der Waals surface area contributed by atoms with Crippen molar-refractivity contribution in [2.75, 3.05) is 49.7 Å². The molecule has 6 rings (SSSR count). The number of nitrogen functional groups attached to an aromatic ring is 1. The van der Waals surface area contributed by atoms with Crippen LogP contribution in [0.2, 0.25) is 5.02 Å². The van der Waals surface area contributed by atoms with Gasteiger partial charge in [-0.3, -0.25) is 4.68 Å². The van der Waals surface area contributed by atoms with Crippen LogP contribution in [0.3, 0.4) is 0 Å². The zero-order valence-corrected chi connectivity index (χ0v) is 20.6. The Kier molecular flexibility index (Phi) is 5.53. The van der Waals surface area contributed by atoms with Gasteiger partial charge in [0.1, 0.15) is 12.3 Å². The third kappa shape index (κ3) is 3.75. The second kappa shape index (κ2) is 8.75. The van der Waals surface area contributed by atoms with Gasteiger partial charge in [0, 0.05) is 48.2 Å². The minimum Gasteiger partial charge on any atom is -0.474 e. The number of nitrogens with zero attached hydrogens (tertiary/aromatic N) is 6. The fourth-order valence-corrected chi connectivity index (χ4v) is 5.17. The molecule has 1 atom stereocenters. The van der Waals surface area contributed by atoms with E-state index in [2.05, 4.69) is 42.6 Å². The van der Waals surface area contributed by atoms with E-state index in [1.54, 1.807) is 12.4 Å². The summed E-state index contributed by atoms with van der Waals surface area (Å²) in [5.74, 6) is 0.146. The molecule has 1 fully saturated rings. The second-order valence-corrected chi connectivity index (χ2v) is 9.54. The highest BCUT2D eigenvalue weighted by Crippen LogP contribution is 2.44. The standard InChI is InChI=1S/C24H25ClFN9O/c1-12-15(8-29-23-21(12)28-4-6-36-23)17-18(25)22-16(20(27)19(17)26)9-30-24(33-22)32-13-7-31-35(10-13)14-3-5-34(2)11-14/h7-10,14,28H,3-6,11,27H2,1-2H3,(H,30,32,33)/t14-/m1/s1. The zero-order valence-electron chi connectivity index (χ0n) is 19.8. The summed E-state index contributed by atoms with van der Waals surface area (Å²) in [6.07, 6.45) is 7.73. The number of nitrogens with two attached hydrogens (primary N) is 1. The predicted octanol–water partition coefficient (Wildman–Crippen LogP) is 4.00. The molecule has 0 aliphatic carbocycles. The molecule has 0 saturated carbocycles. The summed E-state index contributed by atoms with van der Waals surface area (Å²) in [5.41, 5.74) is 9.33. The molecular formula is C24H25ClFN9O. The number of pyridine rings is 1. The van der Waals surface area contributed by atoms with Gasteiger partial charge >= 0.3 is 0 Å². The van der Waals surface area contributed by atoms with Crippen LogP contribution in [0.1, 0.15) is 18.0 Å². The largest absolute Gasteiger partial charge is 0.474 e. The van der Waals surface area contributed by atoms with Crippen LogP contribution in [0.25, 0.3) is 22.0 Å². The number of ether oxygens (including phenoxy) is 1. The van der Waals surface area contributed by atoms with Crippen LogP contribution in [0, 0.1) is 12.7 Å². The van der Waals surface area contributed by atoms with Gasteiger partial charge in [-0.15, -0.1) is 0 Å². The van der Waals surface area contributed by atoms with E-state index in [4.69, 9.17) is 22.1 Å². The first-order chi connectivity index (χ1) is 17.4. The molecule has 10 nitrogen and oxygen atoms in total. The second-order valence-electron chi connectivity index (χ2n) is 9.16. The molecular weight excluding hydrogens is 485 g/mol. The van der Waals surface area contributed by atoms with Crippen molar-refractivity contribution < 1.29 is 9.13 Å². The number of likely N-dealkylation sites (N-methyl/N-ethyl adjacent to an activating group) is 1. The molecule has 0 radical (unpaired) electrons. The maximum atomic E-state index is 15.5. The lowest BCUT2D eigenvalue weighted by atomic mass is 9.98. The quantitative estimate of drug-likeness (QED) is 0.351. The molecule has 4 aromatic rings. The third-order valence-electron chi connectivity index (χ3n) is 6.78. The van der Waals surface area contributed by atoms with Crippen molar-refractivity contribution in [1.82, 2.24) is 29.6 Å². The molecule has 36 heavy (non-hydrogen) atoms. The van der Waals surface area contributed by atoms with E-state index in [9.17, 15) is 0 Å². The number of nitrogens with one attached hydrogen (secondary N) is 2. The van der Waals surface area contributed by atoms with Crippen molar-refractivity contribution in [2.24, 2.45) is 0 Å². The van der Waals surface area contributed by atoms with Crippen LogP contribution in [0.15, 0.2) is 24.8 Å². The molecule has 0 spiro atoms. The van der Waals surface area contributed by atoms with Gasteiger partial charge in [0.2, 0.25) is 11.8 Å². The number of hydrogen-bond acceptors (Lipinski definition) is 9. The van der Waals surface area contributed by atoms with Crippen LogP contribution in [-0.4, -0.2) is 62.9 Å². The minimum atomic E-state index is -0.638. The molecule has 0 amide bonds. The number of fused-ring (bicyclic) bond motifs is 2. The van der Waals surface area contributed by atoms with Crippen LogP contribution >= 0.6 is 11.6 Å². The Hall–Kier alpha value is -3.70. The van der Waals surface area contributed by atoms with E-state index in [0.29, 0.717) is 53.2 Å². The first-order valence-corrected chi connectivity index (χ1v) is 12.1. The van der Waals surface area contributed by atoms with Crippen molar-refractivity contribution in [3.05, 3.63) is 41.2 Å². The van der Waals surface area contributed by atoms with Crippen molar-refractivity contribution >= 4 is 45.5 Å². The summed E-state index contributed by atoms with van der Waals surface area (Å²) < 4.78 is 23.1. The van der Waals surface area contributed by atoms with Crippen molar-refractivity contribution in [1.29, 1.82) is 0 Å². The summed E-state index contributed by atoms with van der Waals surface area (Å²) in [4.78, 5) is 15.5. The van der Waals surface area contributed by atoms with Crippen LogP contribution in [-0.2, 0) is 0 Å². The highest BCUT2D eigenvalue weighted by Gasteiger charge is 2.25. The number of rotatable bonds is 4. The average molecular weight is 510 g/mol.